The third-order valence-corrected chi connectivity index (χ3v) is 2.56. The van der Waals surface area contributed by atoms with Gasteiger partial charge in [-0.15, -0.1) is 0 Å². The van der Waals surface area contributed by atoms with Crippen LogP contribution in [0.15, 0.2) is 24.3 Å². The summed E-state index contributed by atoms with van der Waals surface area (Å²) in [4.78, 5) is 23.7. The van der Waals surface area contributed by atoms with Gasteiger partial charge in [0.2, 0.25) is 0 Å². The molecular formula is C12H16N2O4. The Morgan fingerprint density at radius 3 is 2.78 bits per heavy atom. The zero-order chi connectivity index (χ0) is 13.5. The Labute approximate surface area is 105 Å². The second kappa shape index (κ2) is 6.70. The van der Waals surface area contributed by atoms with Gasteiger partial charge in [-0.05, 0) is 19.4 Å². The maximum Gasteiger partial charge on any atom is 0.270 e. The van der Waals surface area contributed by atoms with Crippen LogP contribution in [0, 0.1) is 10.1 Å². The summed E-state index contributed by atoms with van der Waals surface area (Å²) < 4.78 is 0. The second-order valence-electron chi connectivity index (χ2n) is 3.77. The number of nitro benzene ring substituents is 1. The van der Waals surface area contributed by atoms with Crippen LogP contribution in [0.4, 0.5) is 5.69 Å². The monoisotopic (exact) mass is 252 g/mol. The van der Waals surface area contributed by atoms with Gasteiger partial charge in [-0.25, -0.2) is 0 Å². The van der Waals surface area contributed by atoms with Crippen molar-refractivity contribution in [3.8, 4) is 0 Å². The molecule has 0 aliphatic rings. The number of hydrogen-bond donors (Lipinski definition) is 1. The maximum absolute atomic E-state index is 12.1. The van der Waals surface area contributed by atoms with Crippen LogP contribution < -0.4 is 0 Å². The Morgan fingerprint density at radius 2 is 2.22 bits per heavy atom. The van der Waals surface area contributed by atoms with E-state index in [2.05, 4.69) is 0 Å². The maximum atomic E-state index is 12.1. The fourth-order valence-electron chi connectivity index (χ4n) is 1.60. The number of carbonyl (C=O) groups is 1. The molecule has 6 nitrogen and oxygen atoms in total. The van der Waals surface area contributed by atoms with Crippen molar-refractivity contribution >= 4 is 11.6 Å². The highest BCUT2D eigenvalue weighted by Crippen LogP contribution is 2.14. The van der Waals surface area contributed by atoms with Gasteiger partial charge in [0.05, 0.1) is 4.92 Å². The van der Waals surface area contributed by atoms with E-state index in [1.165, 1.54) is 18.2 Å². The molecule has 18 heavy (non-hydrogen) atoms. The zero-order valence-electron chi connectivity index (χ0n) is 10.2. The molecule has 0 bridgehead atoms. The van der Waals surface area contributed by atoms with E-state index in [1.54, 1.807) is 11.0 Å². The Morgan fingerprint density at radius 1 is 1.50 bits per heavy atom. The number of amides is 1. The molecule has 0 fully saturated rings. The highest BCUT2D eigenvalue weighted by atomic mass is 16.6. The van der Waals surface area contributed by atoms with Crippen molar-refractivity contribution in [2.75, 3.05) is 19.7 Å². The number of nitro groups is 1. The molecule has 0 radical (unpaired) electrons. The number of benzene rings is 1. The van der Waals surface area contributed by atoms with Crippen molar-refractivity contribution < 1.29 is 14.8 Å². The van der Waals surface area contributed by atoms with Gasteiger partial charge in [-0.1, -0.05) is 6.07 Å². The predicted octanol–water partition coefficient (Wildman–Crippen LogP) is 1.44. The summed E-state index contributed by atoms with van der Waals surface area (Å²) in [6, 6.07) is 5.66. The molecule has 1 rings (SSSR count). The van der Waals surface area contributed by atoms with Crippen molar-refractivity contribution in [2.45, 2.75) is 13.3 Å². The molecule has 98 valence electrons. The van der Waals surface area contributed by atoms with Crippen LogP contribution >= 0.6 is 0 Å². The van der Waals surface area contributed by atoms with Gasteiger partial charge in [-0.3, -0.25) is 14.9 Å². The molecule has 1 aromatic rings. The molecule has 0 atom stereocenters. The van der Waals surface area contributed by atoms with Crippen molar-refractivity contribution in [1.82, 2.24) is 4.90 Å². The number of aliphatic hydroxyl groups is 1. The average Bonchev–Trinajstić information content (AvgIpc) is 2.39. The third-order valence-electron chi connectivity index (χ3n) is 2.56. The van der Waals surface area contributed by atoms with E-state index < -0.39 is 4.92 Å². The normalized spacial score (nSPS) is 10.1. The largest absolute Gasteiger partial charge is 0.396 e. The van der Waals surface area contributed by atoms with Gasteiger partial charge in [0.25, 0.3) is 11.6 Å². The Kier molecular flexibility index (Phi) is 5.26. The molecule has 0 saturated carbocycles. The molecule has 0 aromatic heterocycles. The Hall–Kier alpha value is -1.95. The summed E-state index contributed by atoms with van der Waals surface area (Å²) in [6.07, 6.45) is 0.495. The SMILES string of the molecule is CCN(CCCO)C(=O)c1cccc([N+](=O)[O-])c1. The molecule has 0 unspecified atom stereocenters. The fourth-order valence-corrected chi connectivity index (χ4v) is 1.60. The number of aliphatic hydroxyl groups excluding tert-OH is 1. The van der Waals surface area contributed by atoms with E-state index in [1.807, 2.05) is 6.92 Å². The first kappa shape index (κ1) is 14.1. The number of carbonyl (C=O) groups excluding carboxylic acids is 1. The van der Waals surface area contributed by atoms with Gasteiger partial charge in [-0.2, -0.15) is 0 Å². The molecule has 0 aliphatic carbocycles. The van der Waals surface area contributed by atoms with E-state index in [0.717, 1.165) is 0 Å². The molecule has 1 aromatic carbocycles. The van der Waals surface area contributed by atoms with E-state index in [-0.39, 0.29) is 18.2 Å². The summed E-state index contributed by atoms with van der Waals surface area (Å²) in [5, 5.41) is 19.4. The lowest BCUT2D eigenvalue weighted by Crippen LogP contribution is -2.32. The Bertz CT molecular complexity index is 434. The first-order chi connectivity index (χ1) is 8.60. The summed E-state index contributed by atoms with van der Waals surface area (Å²) >= 11 is 0. The predicted molar refractivity (Wildman–Crippen MR) is 66.4 cm³/mol. The van der Waals surface area contributed by atoms with Crippen LogP contribution in [0.5, 0.6) is 0 Å². The second-order valence-corrected chi connectivity index (χ2v) is 3.77. The average molecular weight is 252 g/mol. The molecular weight excluding hydrogens is 236 g/mol. The molecule has 0 spiro atoms. The van der Waals surface area contributed by atoms with Crippen LogP contribution in [0.3, 0.4) is 0 Å². The van der Waals surface area contributed by atoms with E-state index in [9.17, 15) is 14.9 Å². The molecule has 0 saturated heterocycles. The van der Waals surface area contributed by atoms with Crippen LogP contribution in [-0.2, 0) is 0 Å². The molecule has 0 heterocycles. The number of rotatable bonds is 6. The van der Waals surface area contributed by atoms with Crippen LogP contribution in [-0.4, -0.2) is 40.5 Å². The summed E-state index contributed by atoms with van der Waals surface area (Å²) in [5.41, 5.74) is 0.197. The lowest BCUT2D eigenvalue weighted by molar-refractivity contribution is -0.384. The minimum Gasteiger partial charge on any atom is -0.396 e. The van der Waals surface area contributed by atoms with E-state index >= 15 is 0 Å². The first-order valence-electron chi connectivity index (χ1n) is 5.74. The summed E-state index contributed by atoms with van der Waals surface area (Å²) in [7, 11) is 0. The van der Waals surface area contributed by atoms with Gasteiger partial charge in [0.15, 0.2) is 0 Å². The van der Waals surface area contributed by atoms with Gasteiger partial charge >= 0.3 is 0 Å². The third kappa shape index (κ3) is 3.53. The summed E-state index contributed by atoms with van der Waals surface area (Å²) in [5.74, 6) is -0.255. The number of non-ortho nitro benzene ring substituents is 1. The van der Waals surface area contributed by atoms with Crippen molar-refractivity contribution in [3.63, 3.8) is 0 Å². The minimum absolute atomic E-state index is 0.0126. The van der Waals surface area contributed by atoms with Crippen LogP contribution in [0.1, 0.15) is 23.7 Å². The highest BCUT2D eigenvalue weighted by Gasteiger charge is 2.16. The van der Waals surface area contributed by atoms with Crippen LogP contribution in [0.2, 0.25) is 0 Å². The number of hydrogen-bond acceptors (Lipinski definition) is 4. The molecule has 1 N–H and O–H groups in total. The van der Waals surface area contributed by atoms with Crippen molar-refractivity contribution in [2.24, 2.45) is 0 Å². The minimum atomic E-state index is -0.527. The highest BCUT2D eigenvalue weighted by molar-refractivity contribution is 5.94. The van der Waals surface area contributed by atoms with E-state index in [4.69, 9.17) is 5.11 Å². The lowest BCUT2D eigenvalue weighted by atomic mass is 10.1. The Balaban J connectivity index is 2.87. The quantitative estimate of drug-likeness (QED) is 0.613. The van der Waals surface area contributed by atoms with Crippen molar-refractivity contribution in [3.05, 3.63) is 39.9 Å². The standard InChI is InChI=1S/C12H16N2O4/c1-2-13(7-4-8-15)12(16)10-5-3-6-11(9-10)14(17)18/h3,5-6,9,15H,2,4,7-8H2,1H3. The van der Waals surface area contributed by atoms with Crippen LogP contribution in [0.25, 0.3) is 0 Å². The van der Waals surface area contributed by atoms with Gasteiger partial charge in [0, 0.05) is 37.4 Å². The van der Waals surface area contributed by atoms with Gasteiger partial charge in [0.1, 0.15) is 0 Å². The smallest absolute Gasteiger partial charge is 0.270 e. The molecule has 0 aliphatic heterocycles. The van der Waals surface area contributed by atoms with E-state index in [0.29, 0.717) is 25.1 Å². The lowest BCUT2D eigenvalue weighted by Gasteiger charge is -2.20. The topological polar surface area (TPSA) is 83.7 Å². The molecule has 6 heteroatoms. The first-order valence-corrected chi connectivity index (χ1v) is 5.74. The fraction of sp³-hybridized carbons (Fsp3) is 0.417. The number of nitrogens with zero attached hydrogens (tertiary/aromatic N) is 2. The molecule has 1 amide bonds. The summed E-state index contributed by atoms with van der Waals surface area (Å²) in [6.45, 7) is 2.78. The zero-order valence-corrected chi connectivity index (χ0v) is 10.2. The van der Waals surface area contributed by atoms with Crippen molar-refractivity contribution in [1.29, 1.82) is 0 Å². The van der Waals surface area contributed by atoms with Gasteiger partial charge < -0.3 is 10.0 Å².